The zero-order valence-corrected chi connectivity index (χ0v) is 19.8. The van der Waals surface area contributed by atoms with Gasteiger partial charge in [0.25, 0.3) is 0 Å². The SMILES string of the molecule is COc1cc(C(Cl)(CC=C(C)C)SC(=O)c2ccccc2)c(OC)c2c1C(=O)C=CC2=O. The van der Waals surface area contributed by atoms with Crippen molar-refractivity contribution in [2.24, 2.45) is 0 Å². The van der Waals surface area contributed by atoms with Gasteiger partial charge in [-0.1, -0.05) is 53.7 Å². The van der Waals surface area contributed by atoms with E-state index in [0.29, 0.717) is 11.1 Å². The van der Waals surface area contributed by atoms with E-state index in [1.165, 1.54) is 26.4 Å². The molecular formula is C25H23ClO5S. The van der Waals surface area contributed by atoms with Crippen LogP contribution in [0.15, 0.2) is 60.2 Å². The van der Waals surface area contributed by atoms with Gasteiger partial charge in [-0.25, -0.2) is 0 Å². The van der Waals surface area contributed by atoms with E-state index in [2.05, 4.69) is 0 Å². The van der Waals surface area contributed by atoms with Crippen molar-refractivity contribution in [1.29, 1.82) is 0 Å². The van der Waals surface area contributed by atoms with Gasteiger partial charge in [-0.15, -0.1) is 11.6 Å². The van der Waals surface area contributed by atoms with Crippen LogP contribution in [-0.4, -0.2) is 30.9 Å². The van der Waals surface area contributed by atoms with Crippen molar-refractivity contribution in [2.45, 2.75) is 24.5 Å². The number of fused-ring (bicyclic) bond motifs is 1. The first-order valence-electron chi connectivity index (χ1n) is 9.88. The molecule has 0 spiro atoms. The van der Waals surface area contributed by atoms with Crippen LogP contribution in [0.25, 0.3) is 0 Å². The Morgan fingerprint density at radius 2 is 1.66 bits per heavy atom. The molecule has 0 N–H and O–H groups in total. The van der Waals surface area contributed by atoms with Crippen molar-refractivity contribution in [2.75, 3.05) is 14.2 Å². The molecule has 0 bridgehead atoms. The molecule has 0 amide bonds. The first-order chi connectivity index (χ1) is 15.2. The molecule has 1 atom stereocenters. The summed E-state index contributed by atoms with van der Waals surface area (Å²) in [6.45, 7) is 3.86. The minimum atomic E-state index is -1.32. The van der Waals surface area contributed by atoms with Crippen molar-refractivity contribution in [3.63, 3.8) is 0 Å². The molecule has 0 saturated heterocycles. The van der Waals surface area contributed by atoms with Gasteiger partial charge in [0.1, 0.15) is 15.7 Å². The lowest BCUT2D eigenvalue weighted by Crippen LogP contribution is -2.22. The number of ketones is 2. The molecule has 0 saturated carbocycles. The Balaban J connectivity index is 2.24. The molecule has 0 fully saturated rings. The summed E-state index contributed by atoms with van der Waals surface area (Å²) in [6, 6.07) is 10.4. The number of rotatable bonds is 7. The summed E-state index contributed by atoms with van der Waals surface area (Å²) in [5.41, 5.74) is 2.12. The summed E-state index contributed by atoms with van der Waals surface area (Å²) < 4.78 is 9.74. The summed E-state index contributed by atoms with van der Waals surface area (Å²) >= 11 is 8.07. The highest BCUT2D eigenvalue weighted by molar-refractivity contribution is 8.15. The third-order valence-corrected chi connectivity index (χ3v) is 6.71. The highest BCUT2D eigenvalue weighted by Crippen LogP contribution is 2.52. The smallest absolute Gasteiger partial charge is 0.221 e. The van der Waals surface area contributed by atoms with Gasteiger partial charge in [0.05, 0.1) is 25.3 Å². The lowest BCUT2D eigenvalue weighted by molar-refractivity contribution is 0.0988. The summed E-state index contributed by atoms with van der Waals surface area (Å²) in [7, 11) is 2.82. The molecule has 2 aromatic rings. The first kappa shape index (κ1) is 23.8. The third kappa shape index (κ3) is 4.66. The third-order valence-electron chi connectivity index (χ3n) is 4.99. The number of benzene rings is 2. The Bertz CT molecular complexity index is 1130. The summed E-state index contributed by atoms with van der Waals surface area (Å²) in [5.74, 6) is -0.390. The van der Waals surface area contributed by atoms with Crippen molar-refractivity contribution in [3.05, 3.63) is 82.5 Å². The number of hydrogen-bond donors (Lipinski definition) is 0. The monoisotopic (exact) mass is 470 g/mol. The number of halogens is 1. The number of alkyl halides is 1. The van der Waals surface area contributed by atoms with Crippen molar-refractivity contribution < 1.29 is 23.9 Å². The van der Waals surface area contributed by atoms with Gasteiger partial charge in [-0.2, -0.15) is 0 Å². The molecule has 2 aromatic carbocycles. The fourth-order valence-corrected chi connectivity index (χ4v) is 4.81. The molecule has 0 aromatic heterocycles. The molecule has 32 heavy (non-hydrogen) atoms. The maximum absolute atomic E-state index is 13.1. The Labute approximate surface area is 196 Å². The van der Waals surface area contributed by atoms with Gasteiger partial charge in [-0.05, 0) is 38.5 Å². The lowest BCUT2D eigenvalue weighted by Gasteiger charge is -2.30. The normalized spacial score (nSPS) is 14.4. The predicted octanol–water partition coefficient (Wildman–Crippen LogP) is 5.96. The van der Waals surface area contributed by atoms with Gasteiger partial charge in [0.15, 0.2) is 11.6 Å². The Morgan fingerprint density at radius 3 is 2.22 bits per heavy atom. The van der Waals surface area contributed by atoms with Crippen LogP contribution >= 0.6 is 23.4 Å². The predicted molar refractivity (Wildman–Crippen MR) is 127 cm³/mol. The van der Waals surface area contributed by atoms with Gasteiger partial charge in [0.2, 0.25) is 5.12 Å². The molecule has 0 aliphatic heterocycles. The number of thioether (sulfide) groups is 1. The van der Waals surface area contributed by atoms with Gasteiger partial charge >= 0.3 is 0 Å². The van der Waals surface area contributed by atoms with E-state index in [0.717, 1.165) is 17.3 Å². The van der Waals surface area contributed by atoms with E-state index in [4.69, 9.17) is 21.1 Å². The molecule has 1 aliphatic rings. The summed E-state index contributed by atoms with van der Waals surface area (Å²) in [5, 5.41) is -0.233. The highest BCUT2D eigenvalue weighted by Gasteiger charge is 2.40. The molecule has 166 valence electrons. The Morgan fingerprint density at radius 1 is 1.03 bits per heavy atom. The van der Waals surface area contributed by atoms with Gasteiger partial charge in [-0.3, -0.25) is 14.4 Å². The van der Waals surface area contributed by atoms with E-state index in [1.54, 1.807) is 30.3 Å². The van der Waals surface area contributed by atoms with Crippen molar-refractivity contribution in [3.8, 4) is 11.5 Å². The fourth-order valence-electron chi connectivity index (χ4n) is 3.41. The van der Waals surface area contributed by atoms with Crippen LogP contribution in [0.5, 0.6) is 11.5 Å². The van der Waals surface area contributed by atoms with Crippen molar-refractivity contribution in [1.82, 2.24) is 0 Å². The fraction of sp³-hybridized carbons (Fsp3) is 0.240. The Kier molecular flexibility index (Phi) is 7.26. The second-order valence-electron chi connectivity index (χ2n) is 7.44. The zero-order chi connectivity index (χ0) is 23.5. The second-order valence-corrected chi connectivity index (χ2v) is 9.58. The average molecular weight is 471 g/mol. The molecule has 3 rings (SSSR count). The molecule has 5 nitrogen and oxygen atoms in total. The zero-order valence-electron chi connectivity index (χ0n) is 18.2. The van der Waals surface area contributed by atoms with Gasteiger partial charge in [0, 0.05) is 11.1 Å². The van der Waals surface area contributed by atoms with Crippen LogP contribution in [0.1, 0.15) is 56.9 Å². The lowest BCUT2D eigenvalue weighted by atomic mass is 9.89. The maximum atomic E-state index is 13.1. The summed E-state index contributed by atoms with van der Waals surface area (Å²) in [6.07, 6.45) is 4.59. The standard InChI is InChI=1S/C25H23ClO5S/c1-15(2)12-13-25(26,32-24(29)16-8-6-5-7-9-16)17-14-20(30-3)21-18(27)10-11-19(28)22(21)23(17)31-4/h5-12,14H,13H2,1-4H3. The van der Waals surface area contributed by atoms with Crippen LogP contribution in [0.4, 0.5) is 0 Å². The van der Waals surface area contributed by atoms with Crippen LogP contribution in [0, 0.1) is 0 Å². The van der Waals surface area contributed by atoms with Crippen molar-refractivity contribution >= 4 is 40.0 Å². The molecule has 0 radical (unpaired) electrons. The van der Waals surface area contributed by atoms with Crippen LogP contribution in [0.3, 0.4) is 0 Å². The molecule has 7 heteroatoms. The largest absolute Gasteiger partial charge is 0.496 e. The average Bonchev–Trinajstić information content (AvgIpc) is 2.79. The Hall–Kier alpha value is -2.83. The molecule has 1 unspecified atom stereocenters. The second kappa shape index (κ2) is 9.76. The maximum Gasteiger partial charge on any atom is 0.221 e. The molecular weight excluding hydrogens is 448 g/mol. The number of carbonyl (C=O) groups excluding carboxylic acids is 3. The van der Waals surface area contributed by atoms with Crippen LogP contribution < -0.4 is 9.47 Å². The first-order valence-corrected chi connectivity index (χ1v) is 11.1. The minimum Gasteiger partial charge on any atom is -0.496 e. The molecule has 1 aliphatic carbocycles. The van der Waals surface area contributed by atoms with Gasteiger partial charge < -0.3 is 9.47 Å². The topological polar surface area (TPSA) is 69.7 Å². The number of carbonyl (C=O) groups is 3. The van der Waals surface area contributed by atoms with Crippen LogP contribution in [-0.2, 0) is 4.21 Å². The van der Waals surface area contributed by atoms with E-state index in [-0.39, 0.29) is 39.9 Å². The van der Waals surface area contributed by atoms with E-state index >= 15 is 0 Å². The number of allylic oxidation sites excluding steroid dienone is 4. The quantitative estimate of drug-likeness (QED) is 0.367. The number of ether oxygens (including phenoxy) is 2. The molecule has 0 heterocycles. The minimum absolute atomic E-state index is 0.0873. The van der Waals surface area contributed by atoms with Crippen LogP contribution in [0.2, 0.25) is 0 Å². The number of methoxy groups -OCH3 is 2. The number of hydrogen-bond acceptors (Lipinski definition) is 6. The van der Waals surface area contributed by atoms with E-state index in [9.17, 15) is 14.4 Å². The summed E-state index contributed by atoms with van der Waals surface area (Å²) in [4.78, 5) is 38.4. The highest BCUT2D eigenvalue weighted by atomic mass is 35.5. The van der Waals surface area contributed by atoms with E-state index in [1.807, 2.05) is 26.0 Å². The van der Waals surface area contributed by atoms with E-state index < -0.39 is 9.99 Å².